The number of hydrogen-bond acceptors (Lipinski definition) is 4. The molecule has 0 aliphatic carbocycles. The maximum atomic E-state index is 11.0. The summed E-state index contributed by atoms with van der Waals surface area (Å²) in [5.74, 6) is -1.19. The van der Waals surface area contributed by atoms with Crippen LogP contribution in [0.15, 0.2) is 18.7 Å². The van der Waals surface area contributed by atoms with Crippen LogP contribution in [-0.4, -0.2) is 58.4 Å². The van der Waals surface area contributed by atoms with Gasteiger partial charge in [-0.05, 0) is 7.05 Å². The Hall–Kier alpha value is -1.40. The van der Waals surface area contributed by atoms with Gasteiger partial charge in [-0.1, -0.05) is 0 Å². The first-order valence-corrected chi connectivity index (χ1v) is 5.65. The van der Waals surface area contributed by atoms with Crippen molar-refractivity contribution in [2.24, 2.45) is 5.92 Å². The lowest BCUT2D eigenvalue weighted by Crippen LogP contribution is -2.42. The lowest BCUT2D eigenvalue weighted by molar-refractivity contribution is -0.143. The molecule has 0 amide bonds. The van der Waals surface area contributed by atoms with E-state index in [0.717, 1.165) is 13.1 Å². The van der Waals surface area contributed by atoms with Crippen molar-refractivity contribution < 1.29 is 14.6 Å². The molecule has 0 bridgehead atoms. The number of carboxylic acid groups (broad SMARTS) is 1. The summed E-state index contributed by atoms with van der Waals surface area (Å²) in [4.78, 5) is 17.0. The molecule has 2 rings (SSSR count). The Balaban J connectivity index is 1.86. The number of carbonyl (C=O) groups is 1. The summed E-state index contributed by atoms with van der Waals surface area (Å²) in [5, 5.41) is 9.06. The molecule has 94 valence electrons. The standard InChI is InChI=1S/C11H17N3O3/c1-13(4-5-14-3-2-12-8-14)10-7-17-6-9(10)11(15)16/h2-3,8-10H,4-7H2,1H3,(H,15,16). The third-order valence-electron chi connectivity index (χ3n) is 3.20. The van der Waals surface area contributed by atoms with Gasteiger partial charge in [0, 0.05) is 31.5 Å². The van der Waals surface area contributed by atoms with Gasteiger partial charge in [-0.2, -0.15) is 0 Å². The molecule has 2 unspecified atom stereocenters. The van der Waals surface area contributed by atoms with Gasteiger partial charge in [-0.3, -0.25) is 9.69 Å². The summed E-state index contributed by atoms with van der Waals surface area (Å²) in [5.41, 5.74) is 0. The van der Waals surface area contributed by atoms with Crippen molar-refractivity contribution >= 4 is 5.97 Å². The molecule has 1 saturated heterocycles. The van der Waals surface area contributed by atoms with Gasteiger partial charge in [0.15, 0.2) is 0 Å². The van der Waals surface area contributed by atoms with Crippen LogP contribution in [0.3, 0.4) is 0 Å². The van der Waals surface area contributed by atoms with Gasteiger partial charge in [-0.15, -0.1) is 0 Å². The highest BCUT2D eigenvalue weighted by atomic mass is 16.5. The van der Waals surface area contributed by atoms with E-state index in [-0.39, 0.29) is 6.04 Å². The van der Waals surface area contributed by atoms with Crippen LogP contribution in [0, 0.1) is 5.92 Å². The van der Waals surface area contributed by atoms with Crippen LogP contribution in [-0.2, 0) is 16.1 Å². The zero-order valence-corrected chi connectivity index (χ0v) is 9.82. The minimum atomic E-state index is -0.776. The Kier molecular flexibility index (Phi) is 3.75. The molecule has 2 atom stereocenters. The largest absolute Gasteiger partial charge is 0.481 e. The number of aromatic nitrogens is 2. The summed E-state index contributed by atoms with van der Waals surface area (Å²) >= 11 is 0. The SMILES string of the molecule is CN(CCn1ccnc1)C1COCC1C(=O)O. The zero-order valence-electron chi connectivity index (χ0n) is 9.82. The van der Waals surface area contributed by atoms with Gasteiger partial charge in [0.1, 0.15) is 0 Å². The maximum Gasteiger partial charge on any atom is 0.310 e. The number of aliphatic carboxylic acids is 1. The minimum absolute atomic E-state index is 0.0315. The minimum Gasteiger partial charge on any atom is -0.481 e. The molecule has 1 aromatic rings. The first-order chi connectivity index (χ1) is 8.18. The molecule has 1 fully saturated rings. The highest BCUT2D eigenvalue weighted by Crippen LogP contribution is 2.18. The smallest absolute Gasteiger partial charge is 0.310 e. The Morgan fingerprint density at radius 1 is 1.65 bits per heavy atom. The Morgan fingerprint density at radius 2 is 2.47 bits per heavy atom. The van der Waals surface area contributed by atoms with Crippen molar-refractivity contribution in [2.75, 3.05) is 26.8 Å². The predicted octanol–water partition coefficient (Wildman–Crippen LogP) is -0.0855. The van der Waals surface area contributed by atoms with Crippen LogP contribution in [0.4, 0.5) is 0 Å². The second-order valence-electron chi connectivity index (χ2n) is 4.33. The fourth-order valence-corrected chi connectivity index (χ4v) is 2.07. The van der Waals surface area contributed by atoms with E-state index in [4.69, 9.17) is 9.84 Å². The number of nitrogens with zero attached hydrogens (tertiary/aromatic N) is 3. The van der Waals surface area contributed by atoms with Crippen molar-refractivity contribution in [3.05, 3.63) is 18.7 Å². The molecule has 1 N–H and O–H groups in total. The number of carboxylic acids is 1. The third kappa shape index (κ3) is 2.83. The van der Waals surface area contributed by atoms with Gasteiger partial charge in [-0.25, -0.2) is 4.98 Å². The molecule has 17 heavy (non-hydrogen) atoms. The van der Waals surface area contributed by atoms with Gasteiger partial charge in [0.2, 0.25) is 0 Å². The van der Waals surface area contributed by atoms with Crippen LogP contribution < -0.4 is 0 Å². The molecule has 0 aromatic carbocycles. The highest BCUT2D eigenvalue weighted by molar-refractivity contribution is 5.71. The van der Waals surface area contributed by atoms with E-state index in [9.17, 15) is 4.79 Å². The number of ether oxygens (including phenoxy) is 1. The first-order valence-electron chi connectivity index (χ1n) is 5.65. The summed E-state index contributed by atoms with van der Waals surface area (Å²) in [6, 6.07) is -0.0315. The molecule has 0 spiro atoms. The predicted molar refractivity (Wildman–Crippen MR) is 60.6 cm³/mol. The van der Waals surface area contributed by atoms with Crippen LogP contribution in [0.1, 0.15) is 0 Å². The van der Waals surface area contributed by atoms with Gasteiger partial charge in [0.05, 0.1) is 25.5 Å². The van der Waals surface area contributed by atoms with Crippen LogP contribution in [0.25, 0.3) is 0 Å². The summed E-state index contributed by atoms with van der Waals surface area (Å²) in [6.07, 6.45) is 5.39. The molecule has 2 heterocycles. The third-order valence-corrected chi connectivity index (χ3v) is 3.20. The molecule has 1 aromatic heterocycles. The fraction of sp³-hybridized carbons (Fsp3) is 0.636. The second kappa shape index (κ2) is 5.29. The summed E-state index contributed by atoms with van der Waals surface area (Å²) in [6.45, 7) is 2.40. The normalized spacial score (nSPS) is 24.4. The Labute approximate surface area is 99.8 Å². The highest BCUT2D eigenvalue weighted by Gasteiger charge is 2.36. The van der Waals surface area contributed by atoms with Crippen LogP contribution in [0.5, 0.6) is 0 Å². The van der Waals surface area contributed by atoms with E-state index in [1.165, 1.54) is 0 Å². The Morgan fingerprint density at radius 3 is 3.12 bits per heavy atom. The molecule has 1 aliphatic heterocycles. The van der Waals surface area contributed by atoms with Crippen molar-refractivity contribution in [1.82, 2.24) is 14.5 Å². The van der Waals surface area contributed by atoms with Gasteiger partial charge < -0.3 is 14.4 Å². The molecule has 6 heteroatoms. The lowest BCUT2D eigenvalue weighted by Gasteiger charge is -2.26. The Bertz CT molecular complexity index is 366. The van der Waals surface area contributed by atoms with Crippen molar-refractivity contribution in [3.63, 3.8) is 0 Å². The zero-order chi connectivity index (χ0) is 12.3. The number of imidazole rings is 1. The van der Waals surface area contributed by atoms with Crippen molar-refractivity contribution in [2.45, 2.75) is 12.6 Å². The average Bonchev–Trinajstić information content (AvgIpc) is 2.96. The number of likely N-dealkylation sites (N-methyl/N-ethyl adjacent to an activating group) is 1. The molecular weight excluding hydrogens is 222 g/mol. The fourth-order valence-electron chi connectivity index (χ4n) is 2.07. The number of hydrogen-bond donors (Lipinski definition) is 1. The van der Waals surface area contributed by atoms with E-state index in [0.29, 0.717) is 13.2 Å². The van der Waals surface area contributed by atoms with Crippen molar-refractivity contribution in [1.29, 1.82) is 0 Å². The van der Waals surface area contributed by atoms with E-state index in [1.54, 1.807) is 12.5 Å². The van der Waals surface area contributed by atoms with E-state index in [2.05, 4.69) is 4.98 Å². The summed E-state index contributed by atoms with van der Waals surface area (Å²) < 4.78 is 7.22. The maximum absolute atomic E-state index is 11.0. The lowest BCUT2D eigenvalue weighted by atomic mass is 10.0. The van der Waals surface area contributed by atoms with E-state index < -0.39 is 11.9 Å². The van der Waals surface area contributed by atoms with Gasteiger partial charge in [0.25, 0.3) is 0 Å². The molecule has 1 aliphatic rings. The average molecular weight is 239 g/mol. The quantitative estimate of drug-likeness (QED) is 0.778. The van der Waals surface area contributed by atoms with Gasteiger partial charge >= 0.3 is 5.97 Å². The molecule has 0 saturated carbocycles. The van der Waals surface area contributed by atoms with E-state index in [1.807, 2.05) is 22.7 Å². The van der Waals surface area contributed by atoms with E-state index >= 15 is 0 Å². The van der Waals surface area contributed by atoms with Crippen LogP contribution >= 0.6 is 0 Å². The summed E-state index contributed by atoms with van der Waals surface area (Å²) in [7, 11) is 1.94. The molecule has 0 radical (unpaired) electrons. The molecule has 6 nitrogen and oxygen atoms in total. The first kappa shape index (κ1) is 12.1. The monoisotopic (exact) mass is 239 g/mol. The molecular formula is C11H17N3O3. The second-order valence-corrected chi connectivity index (χ2v) is 4.33. The number of rotatable bonds is 5. The van der Waals surface area contributed by atoms with Crippen molar-refractivity contribution in [3.8, 4) is 0 Å². The topological polar surface area (TPSA) is 67.6 Å². The van der Waals surface area contributed by atoms with Crippen LogP contribution in [0.2, 0.25) is 0 Å².